The molecule has 4 heteroatoms. The molecule has 2 aromatic carbocycles. The fraction of sp³-hybridized carbons (Fsp3) is 0.250. The van der Waals surface area contributed by atoms with Crippen molar-refractivity contribution in [2.45, 2.75) is 11.9 Å². The van der Waals surface area contributed by atoms with E-state index in [4.69, 9.17) is 4.74 Å². The molecule has 2 nitrogen and oxygen atoms in total. The Labute approximate surface area is 127 Å². The van der Waals surface area contributed by atoms with Gasteiger partial charge in [0.2, 0.25) is 0 Å². The van der Waals surface area contributed by atoms with Crippen molar-refractivity contribution in [3.05, 3.63) is 59.4 Å². The Morgan fingerprint density at radius 1 is 1.20 bits per heavy atom. The number of alkyl halides is 1. The van der Waals surface area contributed by atoms with Crippen LogP contribution in [0.25, 0.3) is 0 Å². The summed E-state index contributed by atoms with van der Waals surface area (Å²) in [5, 5.41) is 0.497. The normalized spacial score (nSPS) is 10.4. The predicted molar refractivity (Wildman–Crippen MR) is 84.1 cm³/mol. The molecule has 0 amide bonds. The topological polar surface area (TPSA) is 12.5 Å². The number of anilines is 1. The van der Waals surface area contributed by atoms with E-state index >= 15 is 0 Å². The summed E-state index contributed by atoms with van der Waals surface area (Å²) in [5.41, 5.74) is 2.69. The standard InChI is InChI=1S/C16H17BrFNO/c1-19(11-12-5-3-6-13(9-12)20-2)16-8-4-7-15(18)14(16)10-17/h3-9H,10-11H2,1-2H3. The van der Waals surface area contributed by atoms with Crippen molar-refractivity contribution in [3.8, 4) is 5.75 Å². The van der Waals surface area contributed by atoms with Crippen LogP contribution in [0.5, 0.6) is 5.75 Å². The van der Waals surface area contributed by atoms with Crippen LogP contribution in [-0.2, 0) is 11.9 Å². The minimum atomic E-state index is -0.183. The number of benzene rings is 2. The SMILES string of the molecule is COc1cccc(CN(C)c2cccc(F)c2CBr)c1. The molecule has 0 fully saturated rings. The second-order valence-corrected chi connectivity index (χ2v) is 5.14. The lowest BCUT2D eigenvalue weighted by atomic mass is 10.1. The van der Waals surface area contributed by atoms with E-state index in [-0.39, 0.29) is 5.82 Å². The fourth-order valence-corrected chi connectivity index (χ4v) is 2.72. The zero-order valence-electron chi connectivity index (χ0n) is 11.6. The minimum absolute atomic E-state index is 0.183. The maximum atomic E-state index is 13.8. The van der Waals surface area contributed by atoms with Gasteiger partial charge < -0.3 is 9.64 Å². The highest BCUT2D eigenvalue weighted by Gasteiger charge is 2.11. The maximum absolute atomic E-state index is 13.8. The Morgan fingerprint density at radius 3 is 2.65 bits per heavy atom. The summed E-state index contributed by atoms with van der Waals surface area (Å²) in [6.45, 7) is 0.695. The average molecular weight is 338 g/mol. The van der Waals surface area contributed by atoms with Crippen LogP contribution in [0.2, 0.25) is 0 Å². The first-order chi connectivity index (χ1) is 9.65. The molecule has 0 atom stereocenters. The Hall–Kier alpha value is -1.55. The van der Waals surface area contributed by atoms with Crippen LogP contribution >= 0.6 is 15.9 Å². The molecular weight excluding hydrogens is 321 g/mol. The Kier molecular flexibility index (Phi) is 5.01. The van der Waals surface area contributed by atoms with Gasteiger partial charge in [-0.05, 0) is 29.8 Å². The molecule has 2 aromatic rings. The molecule has 0 unspecified atom stereocenters. The van der Waals surface area contributed by atoms with E-state index in [9.17, 15) is 4.39 Å². The molecule has 0 bridgehead atoms. The van der Waals surface area contributed by atoms with Crippen molar-refractivity contribution in [3.63, 3.8) is 0 Å². The number of nitrogens with zero attached hydrogens (tertiary/aromatic N) is 1. The van der Waals surface area contributed by atoms with Gasteiger partial charge in [0.15, 0.2) is 0 Å². The van der Waals surface area contributed by atoms with Gasteiger partial charge >= 0.3 is 0 Å². The summed E-state index contributed by atoms with van der Waals surface area (Å²) in [5.74, 6) is 0.646. The van der Waals surface area contributed by atoms with Gasteiger partial charge in [0.1, 0.15) is 11.6 Å². The van der Waals surface area contributed by atoms with Gasteiger partial charge in [-0.3, -0.25) is 0 Å². The molecule has 0 radical (unpaired) electrons. The summed E-state index contributed by atoms with van der Waals surface area (Å²) < 4.78 is 19.0. The highest BCUT2D eigenvalue weighted by molar-refractivity contribution is 9.08. The van der Waals surface area contributed by atoms with Crippen LogP contribution in [0.1, 0.15) is 11.1 Å². The second kappa shape index (κ2) is 6.75. The van der Waals surface area contributed by atoms with Crippen molar-refractivity contribution >= 4 is 21.6 Å². The van der Waals surface area contributed by atoms with Crippen molar-refractivity contribution in [2.75, 3.05) is 19.1 Å². The first-order valence-electron chi connectivity index (χ1n) is 6.33. The first-order valence-corrected chi connectivity index (χ1v) is 7.45. The van der Waals surface area contributed by atoms with E-state index in [0.717, 1.165) is 17.0 Å². The monoisotopic (exact) mass is 337 g/mol. The smallest absolute Gasteiger partial charge is 0.129 e. The quantitative estimate of drug-likeness (QED) is 0.751. The highest BCUT2D eigenvalue weighted by Crippen LogP contribution is 2.26. The molecule has 0 saturated carbocycles. The predicted octanol–water partition coefficient (Wildman–Crippen LogP) is 4.37. The molecule has 0 aliphatic rings. The summed E-state index contributed by atoms with van der Waals surface area (Å²) in [6, 6.07) is 13.0. The van der Waals surface area contributed by atoms with Crippen LogP contribution in [0.15, 0.2) is 42.5 Å². The summed E-state index contributed by atoms with van der Waals surface area (Å²) in [4.78, 5) is 2.04. The summed E-state index contributed by atoms with van der Waals surface area (Å²) in [6.07, 6.45) is 0. The third-order valence-corrected chi connectivity index (χ3v) is 3.75. The van der Waals surface area contributed by atoms with Crippen LogP contribution in [0, 0.1) is 5.82 Å². The fourth-order valence-electron chi connectivity index (χ4n) is 2.17. The number of methoxy groups -OCH3 is 1. The molecule has 0 aliphatic carbocycles. The molecule has 0 aliphatic heterocycles. The van der Waals surface area contributed by atoms with E-state index in [1.165, 1.54) is 6.07 Å². The second-order valence-electron chi connectivity index (χ2n) is 4.58. The number of ether oxygens (including phenoxy) is 1. The molecule has 0 spiro atoms. The van der Waals surface area contributed by atoms with Gasteiger partial charge in [0.05, 0.1) is 7.11 Å². The Bertz CT molecular complexity index is 588. The van der Waals surface area contributed by atoms with Crippen LogP contribution in [0.4, 0.5) is 10.1 Å². The highest BCUT2D eigenvalue weighted by atomic mass is 79.9. The minimum Gasteiger partial charge on any atom is -0.497 e. The number of hydrogen-bond donors (Lipinski definition) is 0. The Balaban J connectivity index is 2.23. The largest absolute Gasteiger partial charge is 0.497 e. The van der Waals surface area contributed by atoms with Gasteiger partial charge in [-0.2, -0.15) is 0 Å². The molecular formula is C16H17BrFNO. The summed E-state index contributed by atoms with van der Waals surface area (Å²) >= 11 is 3.35. The van der Waals surface area contributed by atoms with E-state index in [1.54, 1.807) is 13.2 Å². The van der Waals surface area contributed by atoms with Crippen LogP contribution < -0.4 is 9.64 Å². The third-order valence-electron chi connectivity index (χ3n) is 3.19. The molecule has 0 N–H and O–H groups in total. The molecule has 0 saturated heterocycles. The lowest BCUT2D eigenvalue weighted by Crippen LogP contribution is -2.18. The van der Waals surface area contributed by atoms with E-state index < -0.39 is 0 Å². The zero-order valence-corrected chi connectivity index (χ0v) is 13.2. The first kappa shape index (κ1) is 14.9. The van der Waals surface area contributed by atoms with Crippen LogP contribution in [-0.4, -0.2) is 14.2 Å². The number of rotatable bonds is 5. The number of hydrogen-bond acceptors (Lipinski definition) is 2. The summed E-state index contributed by atoms with van der Waals surface area (Å²) in [7, 11) is 3.61. The van der Waals surface area contributed by atoms with E-state index in [0.29, 0.717) is 17.4 Å². The maximum Gasteiger partial charge on any atom is 0.129 e. The molecule has 106 valence electrons. The average Bonchev–Trinajstić information content (AvgIpc) is 2.47. The lowest BCUT2D eigenvalue weighted by Gasteiger charge is -2.22. The van der Waals surface area contributed by atoms with Gasteiger partial charge in [-0.25, -0.2) is 4.39 Å². The van der Waals surface area contributed by atoms with Gasteiger partial charge in [0, 0.05) is 30.2 Å². The van der Waals surface area contributed by atoms with Gasteiger partial charge in [-0.1, -0.05) is 34.1 Å². The molecule has 0 aromatic heterocycles. The van der Waals surface area contributed by atoms with Crippen molar-refractivity contribution in [2.24, 2.45) is 0 Å². The van der Waals surface area contributed by atoms with Gasteiger partial charge in [0.25, 0.3) is 0 Å². The van der Waals surface area contributed by atoms with Crippen molar-refractivity contribution in [1.82, 2.24) is 0 Å². The zero-order chi connectivity index (χ0) is 14.5. The van der Waals surface area contributed by atoms with Gasteiger partial charge in [-0.15, -0.1) is 0 Å². The molecule has 20 heavy (non-hydrogen) atoms. The van der Waals surface area contributed by atoms with Crippen LogP contribution in [0.3, 0.4) is 0 Å². The Morgan fingerprint density at radius 2 is 1.95 bits per heavy atom. The van der Waals surface area contributed by atoms with E-state index in [1.807, 2.05) is 42.3 Å². The number of halogens is 2. The van der Waals surface area contributed by atoms with E-state index in [2.05, 4.69) is 15.9 Å². The lowest BCUT2D eigenvalue weighted by molar-refractivity contribution is 0.414. The van der Waals surface area contributed by atoms with Crippen molar-refractivity contribution < 1.29 is 9.13 Å². The third kappa shape index (κ3) is 3.31. The molecule has 2 rings (SSSR count). The van der Waals surface area contributed by atoms with Crippen molar-refractivity contribution in [1.29, 1.82) is 0 Å². The molecule has 0 heterocycles.